The molecule has 0 amide bonds. The highest BCUT2D eigenvalue weighted by Gasteiger charge is 2.19. The van der Waals surface area contributed by atoms with Crippen molar-refractivity contribution in [2.45, 2.75) is 26.8 Å². The molecule has 5 heteroatoms. The number of ether oxygens (including phenoxy) is 2. The molecule has 0 aliphatic heterocycles. The van der Waals surface area contributed by atoms with Crippen LogP contribution in [0, 0.1) is 13.8 Å². The van der Waals surface area contributed by atoms with E-state index in [1.807, 2.05) is 0 Å². The monoisotopic (exact) mass is 305 g/mol. The maximum absolute atomic E-state index is 5.22. The van der Waals surface area contributed by atoms with E-state index in [-0.39, 0.29) is 6.04 Å². The van der Waals surface area contributed by atoms with Crippen molar-refractivity contribution in [3.8, 4) is 0 Å². The molecule has 0 bridgehead atoms. The Bertz CT molecular complexity index is 562. The summed E-state index contributed by atoms with van der Waals surface area (Å²) in [7, 11) is 3.46. The molecule has 22 heavy (non-hydrogen) atoms. The second-order valence-electron chi connectivity index (χ2n) is 5.77. The summed E-state index contributed by atoms with van der Waals surface area (Å²) in [4.78, 5) is 10.6. The summed E-state index contributed by atoms with van der Waals surface area (Å²) in [6.07, 6.45) is 0. The van der Waals surface area contributed by atoms with Crippen molar-refractivity contribution in [2.24, 2.45) is 0 Å². The van der Waals surface area contributed by atoms with Crippen LogP contribution in [0.1, 0.15) is 29.9 Å². The molecular weight excluding hydrogens is 278 g/mol. The van der Waals surface area contributed by atoms with Crippen molar-refractivity contribution in [2.75, 3.05) is 40.5 Å². The number of aromatic nitrogens is 2. The minimum Gasteiger partial charge on any atom is -0.383 e. The molecule has 0 fully saturated rings. The summed E-state index contributed by atoms with van der Waals surface area (Å²) in [5, 5.41) is 0. The van der Waals surface area contributed by atoms with Gasteiger partial charge in [0, 0.05) is 27.3 Å². The average Bonchev–Trinajstić information content (AvgIpc) is 2.90. The third-order valence-electron chi connectivity index (χ3n) is 4.22. The van der Waals surface area contributed by atoms with Crippen LogP contribution < -0.4 is 0 Å². The van der Waals surface area contributed by atoms with Gasteiger partial charge in [0.05, 0.1) is 30.3 Å². The molecular formula is C17H27N3O2. The van der Waals surface area contributed by atoms with Gasteiger partial charge >= 0.3 is 0 Å². The molecule has 0 aliphatic rings. The van der Waals surface area contributed by atoms with Crippen molar-refractivity contribution < 1.29 is 9.47 Å². The van der Waals surface area contributed by atoms with Crippen LogP contribution in [-0.4, -0.2) is 55.4 Å². The topological polar surface area (TPSA) is 50.4 Å². The van der Waals surface area contributed by atoms with E-state index in [9.17, 15) is 0 Å². The second-order valence-corrected chi connectivity index (χ2v) is 5.77. The molecule has 0 spiro atoms. The molecule has 0 saturated carbocycles. The van der Waals surface area contributed by atoms with Gasteiger partial charge in [-0.05, 0) is 44.0 Å². The molecule has 2 rings (SSSR count). The fourth-order valence-electron chi connectivity index (χ4n) is 2.58. The van der Waals surface area contributed by atoms with Crippen LogP contribution in [0.15, 0.2) is 12.1 Å². The van der Waals surface area contributed by atoms with E-state index in [0.717, 1.165) is 29.9 Å². The first-order chi connectivity index (χ1) is 10.6. The number of hydrogen-bond donors (Lipinski definition) is 1. The van der Waals surface area contributed by atoms with Crippen LogP contribution in [0.5, 0.6) is 0 Å². The van der Waals surface area contributed by atoms with E-state index in [0.29, 0.717) is 13.2 Å². The van der Waals surface area contributed by atoms with Gasteiger partial charge in [-0.2, -0.15) is 0 Å². The standard InChI is InChI=1S/C17H27N3O2/c1-12-10-15-16(11-13(12)2)19-17(18-15)14(3)20(6-8-21-4)7-9-22-5/h10-11,14H,6-9H2,1-5H3,(H,18,19). The molecule has 122 valence electrons. The van der Waals surface area contributed by atoms with Crippen molar-refractivity contribution >= 4 is 11.0 Å². The first-order valence-corrected chi connectivity index (χ1v) is 7.75. The molecule has 0 radical (unpaired) electrons. The summed E-state index contributed by atoms with van der Waals surface area (Å²) in [6.45, 7) is 9.53. The maximum atomic E-state index is 5.22. The molecule has 1 heterocycles. The summed E-state index contributed by atoms with van der Waals surface area (Å²) in [6, 6.07) is 4.51. The summed E-state index contributed by atoms with van der Waals surface area (Å²) in [5.74, 6) is 0.993. The highest BCUT2D eigenvalue weighted by Crippen LogP contribution is 2.23. The molecule has 1 unspecified atom stereocenters. The highest BCUT2D eigenvalue weighted by molar-refractivity contribution is 5.77. The number of rotatable bonds is 8. The maximum Gasteiger partial charge on any atom is 0.124 e. The zero-order valence-electron chi connectivity index (χ0n) is 14.3. The van der Waals surface area contributed by atoms with E-state index in [2.05, 4.69) is 42.8 Å². The molecule has 1 atom stereocenters. The van der Waals surface area contributed by atoms with Crippen LogP contribution in [0.3, 0.4) is 0 Å². The van der Waals surface area contributed by atoms with Crippen LogP contribution in [-0.2, 0) is 9.47 Å². The Hall–Kier alpha value is -1.43. The van der Waals surface area contributed by atoms with Crippen molar-refractivity contribution in [3.05, 3.63) is 29.1 Å². The molecule has 1 N–H and O–H groups in total. The molecule has 1 aromatic heterocycles. The molecule has 0 saturated heterocycles. The SMILES string of the molecule is COCCN(CCOC)C(C)c1nc2cc(C)c(C)cc2[nH]1. The predicted octanol–water partition coefficient (Wildman–Crippen LogP) is 2.84. The normalized spacial score (nSPS) is 13.2. The Morgan fingerprint density at radius 1 is 1.09 bits per heavy atom. The van der Waals surface area contributed by atoms with Gasteiger partial charge in [-0.3, -0.25) is 4.90 Å². The van der Waals surface area contributed by atoms with Gasteiger partial charge in [-0.1, -0.05) is 0 Å². The quantitative estimate of drug-likeness (QED) is 0.815. The predicted molar refractivity (Wildman–Crippen MR) is 89.3 cm³/mol. The van der Waals surface area contributed by atoms with Gasteiger partial charge in [0.1, 0.15) is 5.82 Å². The van der Waals surface area contributed by atoms with Gasteiger partial charge in [0.15, 0.2) is 0 Å². The second kappa shape index (κ2) is 7.72. The molecule has 5 nitrogen and oxygen atoms in total. The molecule has 2 aromatic rings. The number of nitrogens with zero attached hydrogens (tertiary/aromatic N) is 2. The lowest BCUT2D eigenvalue weighted by atomic mass is 10.1. The smallest absolute Gasteiger partial charge is 0.124 e. The van der Waals surface area contributed by atoms with Gasteiger partial charge in [0.25, 0.3) is 0 Å². The zero-order valence-corrected chi connectivity index (χ0v) is 14.3. The number of methoxy groups -OCH3 is 2. The number of imidazole rings is 1. The van der Waals surface area contributed by atoms with Crippen molar-refractivity contribution in [1.82, 2.24) is 14.9 Å². The summed E-state index contributed by atoms with van der Waals surface area (Å²) < 4.78 is 10.4. The van der Waals surface area contributed by atoms with E-state index in [1.165, 1.54) is 11.1 Å². The molecule has 0 aliphatic carbocycles. The summed E-state index contributed by atoms with van der Waals surface area (Å²) >= 11 is 0. The number of benzene rings is 1. The lowest BCUT2D eigenvalue weighted by Gasteiger charge is -2.27. The number of aromatic amines is 1. The molecule has 1 aromatic carbocycles. The first-order valence-electron chi connectivity index (χ1n) is 7.75. The van der Waals surface area contributed by atoms with Gasteiger partial charge in [-0.15, -0.1) is 0 Å². The average molecular weight is 305 g/mol. The Labute approximate surface area is 132 Å². The fraction of sp³-hybridized carbons (Fsp3) is 0.588. The van der Waals surface area contributed by atoms with Crippen LogP contribution >= 0.6 is 0 Å². The van der Waals surface area contributed by atoms with Crippen LogP contribution in [0.25, 0.3) is 11.0 Å². The lowest BCUT2D eigenvalue weighted by Crippen LogP contribution is -2.33. The highest BCUT2D eigenvalue weighted by atomic mass is 16.5. The zero-order chi connectivity index (χ0) is 16.1. The van der Waals surface area contributed by atoms with Crippen molar-refractivity contribution in [3.63, 3.8) is 0 Å². The third kappa shape index (κ3) is 3.85. The minimum atomic E-state index is 0.193. The van der Waals surface area contributed by atoms with Gasteiger partial charge in [-0.25, -0.2) is 4.98 Å². The number of H-pyrrole nitrogens is 1. The first kappa shape index (κ1) is 16.9. The van der Waals surface area contributed by atoms with Crippen molar-refractivity contribution in [1.29, 1.82) is 0 Å². The van der Waals surface area contributed by atoms with E-state index in [1.54, 1.807) is 14.2 Å². The fourth-order valence-corrected chi connectivity index (χ4v) is 2.58. The lowest BCUT2D eigenvalue weighted by molar-refractivity contribution is 0.0899. The van der Waals surface area contributed by atoms with E-state index in [4.69, 9.17) is 14.5 Å². The third-order valence-corrected chi connectivity index (χ3v) is 4.22. The number of hydrogen-bond acceptors (Lipinski definition) is 4. The number of nitrogens with one attached hydrogen (secondary N) is 1. The Kier molecular flexibility index (Phi) is 5.94. The number of fused-ring (bicyclic) bond motifs is 1. The van der Waals surface area contributed by atoms with Crippen LogP contribution in [0.4, 0.5) is 0 Å². The van der Waals surface area contributed by atoms with Gasteiger partial charge < -0.3 is 14.5 Å². The summed E-state index contributed by atoms with van der Waals surface area (Å²) in [5.41, 5.74) is 4.69. The number of aryl methyl sites for hydroxylation is 2. The Morgan fingerprint density at radius 2 is 1.68 bits per heavy atom. The largest absolute Gasteiger partial charge is 0.383 e. The van der Waals surface area contributed by atoms with Gasteiger partial charge in [0.2, 0.25) is 0 Å². The van der Waals surface area contributed by atoms with Crippen LogP contribution in [0.2, 0.25) is 0 Å². The van der Waals surface area contributed by atoms with E-state index < -0.39 is 0 Å². The van der Waals surface area contributed by atoms with E-state index >= 15 is 0 Å². The Balaban J connectivity index is 2.22. The minimum absolute atomic E-state index is 0.193. The Morgan fingerprint density at radius 3 is 2.27 bits per heavy atom.